The van der Waals surface area contributed by atoms with Crippen molar-refractivity contribution < 1.29 is 19.8 Å². The molecular formula is C10H20N2O4Sn. The Morgan fingerprint density at radius 3 is 1.00 bits per heavy atom. The second kappa shape index (κ2) is 10.8. The molecule has 0 aliphatic heterocycles. The number of carboxylic acids is 2. The predicted octanol–water partition coefficient (Wildman–Crippen LogP) is 1.91. The summed E-state index contributed by atoms with van der Waals surface area (Å²) in [5.74, 6) is -2.26. The van der Waals surface area contributed by atoms with E-state index < -0.39 is 24.0 Å². The number of aliphatic carboxylic acids is 2. The van der Waals surface area contributed by atoms with E-state index in [9.17, 15) is 9.59 Å². The van der Waals surface area contributed by atoms with Crippen LogP contribution in [0.15, 0.2) is 0 Å². The van der Waals surface area contributed by atoms with Gasteiger partial charge >= 0.3 is 23.9 Å². The fourth-order valence-electron chi connectivity index (χ4n) is 0.570. The van der Waals surface area contributed by atoms with Crippen LogP contribution in [0.3, 0.4) is 0 Å². The van der Waals surface area contributed by atoms with E-state index in [1.54, 1.807) is 27.7 Å². The molecule has 2 unspecified atom stereocenters. The zero-order valence-electron chi connectivity index (χ0n) is 10.5. The molecule has 0 heterocycles. The molecular weight excluding hydrogens is 331 g/mol. The van der Waals surface area contributed by atoms with Crippen molar-refractivity contribution >= 4 is 35.8 Å². The van der Waals surface area contributed by atoms with Crippen molar-refractivity contribution in [3.8, 4) is 0 Å². The van der Waals surface area contributed by atoms with E-state index in [-0.39, 0.29) is 35.7 Å². The van der Waals surface area contributed by atoms with Crippen LogP contribution in [0, 0.1) is 11.8 Å². The number of nitrogens with one attached hydrogen (secondary N) is 2. The Kier molecular flexibility index (Phi) is 13.9. The van der Waals surface area contributed by atoms with Gasteiger partial charge in [-0.1, -0.05) is 39.5 Å². The van der Waals surface area contributed by atoms with Crippen LogP contribution in [-0.4, -0.2) is 58.1 Å². The van der Waals surface area contributed by atoms with Crippen LogP contribution in [0.5, 0.6) is 0 Å². The molecule has 0 bridgehead atoms. The minimum absolute atomic E-state index is 0. The summed E-state index contributed by atoms with van der Waals surface area (Å²) in [7, 11) is 0. The van der Waals surface area contributed by atoms with Crippen LogP contribution >= 0.6 is 0 Å². The van der Waals surface area contributed by atoms with Crippen molar-refractivity contribution in [2.45, 2.75) is 39.8 Å². The molecule has 7 heteroatoms. The summed E-state index contributed by atoms with van der Waals surface area (Å²) < 4.78 is 0. The standard InChI is InChI=1S/2C5H10NO2.Sn/c2*1-3(2)4(6)5(7)8;/h2*3-4,6H,1-2H3,(H,7,8);/q2*-1;+2. The molecule has 0 aromatic heterocycles. The average Bonchev–Trinajstić information content (AvgIpc) is 2.15. The summed E-state index contributed by atoms with van der Waals surface area (Å²) in [6.45, 7) is 6.86. The van der Waals surface area contributed by atoms with Gasteiger partial charge in [-0.15, -0.1) is 0 Å². The fraction of sp³-hybridized carbons (Fsp3) is 0.800. The minimum Gasteiger partial charge on any atom is -0.665 e. The molecule has 0 rings (SSSR count). The smallest absolute Gasteiger partial charge is 0.665 e. The van der Waals surface area contributed by atoms with Gasteiger partial charge in [-0.05, 0) is 12.1 Å². The van der Waals surface area contributed by atoms with Gasteiger partial charge in [0.05, 0.1) is 0 Å². The number of carboxylic acid groups (broad SMARTS) is 2. The van der Waals surface area contributed by atoms with E-state index in [2.05, 4.69) is 0 Å². The second-order valence-corrected chi connectivity index (χ2v) is 4.12. The van der Waals surface area contributed by atoms with E-state index in [1.165, 1.54) is 0 Å². The molecule has 0 spiro atoms. The third-order valence-electron chi connectivity index (χ3n) is 1.87. The summed E-state index contributed by atoms with van der Waals surface area (Å²) in [6, 6.07) is -1.93. The van der Waals surface area contributed by atoms with Gasteiger partial charge in [-0.3, -0.25) is 9.59 Å². The Hall–Kier alpha value is -0.341. The van der Waals surface area contributed by atoms with Crippen LogP contribution in [-0.2, 0) is 9.59 Å². The molecule has 2 atom stereocenters. The van der Waals surface area contributed by atoms with Crippen molar-refractivity contribution in [1.29, 1.82) is 0 Å². The molecule has 0 saturated heterocycles. The van der Waals surface area contributed by atoms with Crippen molar-refractivity contribution in [3.63, 3.8) is 0 Å². The second-order valence-electron chi connectivity index (χ2n) is 4.12. The topological polar surface area (TPSA) is 122 Å². The summed E-state index contributed by atoms with van der Waals surface area (Å²) >= 11 is 0. The molecule has 0 saturated carbocycles. The number of rotatable bonds is 4. The van der Waals surface area contributed by atoms with Gasteiger partial charge < -0.3 is 21.7 Å². The van der Waals surface area contributed by atoms with Crippen molar-refractivity contribution in [2.24, 2.45) is 11.8 Å². The van der Waals surface area contributed by atoms with Gasteiger partial charge in [-0.25, -0.2) is 0 Å². The first-order chi connectivity index (χ1) is 7.11. The molecule has 0 fully saturated rings. The largest absolute Gasteiger partial charge is 2.00 e. The Labute approximate surface area is 119 Å². The zero-order chi connectivity index (χ0) is 13.5. The first-order valence-corrected chi connectivity index (χ1v) is 4.99. The number of carbonyl (C=O) groups is 2. The van der Waals surface area contributed by atoms with E-state index in [0.717, 1.165) is 0 Å². The van der Waals surface area contributed by atoms with Crippen LogP contribution in [0.2, 0.25) is 0 Å². The normalized spacial score (nSPS) is 13.2. The van der Waals surface area contributed by atoms with Crippen LogP contribution < -0.4 is 0 Å². The SMILES string of the molecule is CC(C)C([NH-])C(=O)O.CC(C)C([NH-])C(=O)O.[Sn+2]. The van der Waals surface area contributed by atoms with Crippen molar-refractivity contribution in [3.05, 3.63) is 11.5 Å². The molecule has 0 amide bonds. The van der Waals surface area contributed by atoms with E-state index in [0.29, 0.717) is 0 Å². The Morgan fingerprint density at radius 2 is 1.00 bits per heavy atom. The van der Waals surface area contributed by atoms with Gasteiger partial charge in [0.25, 0.3) is 11.9 Å². The first kappa shape index (κ1) is 21.9. The fourth-order valence-corrected chi connectivity index (χ4v) is 0.570. The number of hydrogen-bond acceptors (Lipinski definition) is 2. The molecule has 2 radical (unpaired) electrons. The molecule has 0 aromatic carbocycles. The third-order valence-corrected chi connectivity index (χ3v) is 1.87. The quantitative estimate of drug-likeness (QED) is 0.751. The molecule has 98 valence electrons. The maximum Gasteiger partial charge on any atom is 2.00 e. The molecule has 6 nitrogen and oxygen atoms in total. The zero-order valence-corrected chi connectivity index (χ0v) is 13.4. The molecule has 0 aliphatic carbocycles. The molecule has 0 aliphatic rings. The van der Waals surface area contributed by atoms with E-state index >= 15 is 0 Å². The molecule has 0 aromatic rings. The van der Waals surface area contributed by atoms with E-state index in [1.807, 2.05) is 0 Å². The maximum atomic E-state index is 9.95. The first-order valence-electron chi connectivity index (χ1n) is 4.99. The van der Waals surface area contributed by atoms with Gasteiger partial charge in [0, 0.05) is 0 Å². The van der Waals surface area contributed by atoms with E-state index in [4.69, 9.17) is 21.7 Å². The van der Waals surface area contributed by atoms with Crippen LogP contribution in [0.1, 0.15) is 27.7 Å². The van der Waals surface area contributed by atoms with Crippen LogP contribution in [0.25, 0.3) is 11.5 Å². The summed E-state index contributed by atoms with van der Waals surface area (Å²) in [5, 5.41) is 16.3. The predicted molar refractivity (Wildman–Crippen MR) is 66.9 cm³/mol. The maximum absolute atomic E-state index is 9.95. The Bertz CT molecular complexity index is 210. The summed E-state index contributed by atoms with van der Waals surface area (Å²) in [4.78, 5) is 19.9. The molecule has 4 N–H and O–H groups in total. The Morgan fingerprint density at radius 1 is 0.824 bits per heavy atom. The van der Waals surface area contributed by atoms with Crippen molar-refractivity contribution in [1.82, 2.24) is 0 Å². The van der Waals surface area contributed by atoms with Crippen molar-refractivity contribution in [2.75, 3.05) is 0 Å². The third kappa shape index (κ3) is 11.9. The van der Waals surface area contributed by atoms with Gasteiger partial charge in [0.15, 0.2) is 0 Å². The monoisotopic (exact) mass is 352 g/mol. The summed E-state index contributed by atoms with van der Waals surface area (Å²) in [5.41, 5.74) is 13.8. The average molecular weight is 351 g/mol. The van der Waals surface area contributed by atoms with Gasteiger partial charge in [0.1, 0.15) is 0 Å². The molecule has 17 heavy (non-hydrogen) atoms. The van der Waals surface area contributed by atoms with Gasteiger partial charge in [-0.2, -0.15) is 0 Å². The summed E-state index contributed by atoms with van der Waals surface area (Å²) in [6.07, 6.45) is 0. The van der Waals surface area contributed by atoms with Gasteiger partial charge in [0.2, 0.25) is 0 Å². The number of hydrogen-bond donors (Lipinski definition) is 2. The minimum atomic E-state index is -1.04. The Balaban J connectivity index is -0.000000218. The van der Waals surface area contributed by atoms with Crippen LogP contribution in [0.4, 0.5) is 0 Å².